The average Bonchev–Trinajstić information content (AvgIpc) is 2.77. The zero-order chi connectivity index (χ0) is 20.5. The van der Waals surface area contributed by atoms with Crippen molar-refractivity contribution in [3.05, 3.63) is 65.7 Å². The lowest BCUT2D eigenvalue weighted by Gasteiger charge is -2.32. The minimum Gasteiger partial charge on any atom is -0.483 e. The predicted molar refractivity (Wildman–Crippen MR) is 113 cm³/mol. The molecule has 1 aliphatic heterocycles. The van der Waals surface area contributed by atoms with Gasteiger partial charge in [-0.05, 0) is 30.0 Å². The number of hydrogen-bond acceptors (Lipinski definition) is 4. The minimum absolute atomic E-state index is 0.0249. The third kappa shape index (κ3) is 6.06. The molecular weight excluding hydrogens is 366 g/mol. The molecule has 0 radical (unpaired) electrons. The highest BCUT2D eigenvalue weighted by Gasteiger charge is 2.28. The van der Waals surface area contributed by atoms with Crippen LogP contribution < -0.4 is 15.8 Å². The maximum absolute atomic E-state index is 12.7. The Balaban J connectivity index is 1.56. The van der Waals surface area contributed by atoms with Crippen molar-refractivity contribution in [1.29, 1.82) is 0 Å². The smallest absolute Gasteiger partial charge is 0.260 e. The van der Waals surface area contributed by atoms with Gasteiger partial charge in [0.1, 0.15) is 5.75 Å². The molecule has 2 amide bonds. The summed E-state index contributed by atoms with van der Waals surface area (Å²) < 4.78 is 5.88. The van der Waals surface area contributed by atoms with Crippen LogP contribution in [-0.4, -0.2) is 49.5 Å². The van der Waals surface area contributed by atoms with Crippen molar-refractivity contribution < 1.29 is 14.3 Å². The van der Waals surface area contributed by atoms with E-state index in [0.717, 1.165) is 30.6 Å². The molecule has 0 aromatic heterocycles. The number of rotatable bonds is 8. The molecule has 1 saturated heterocycles. The molecular formula is C23H29N3O3. The Kier molecular flexibility index (Phi) is 7.64. The Hall–Kier alpha value is -2.86. The third-order valence-corrected chi connectivity index (χ3v) is 5.15. The maximum atomic E-state index is 12.7. The van der Waals surface area contributed by atoms with Gasteiger partial charge in [-0.1, -0.05) is 48.5 Å². The van der Waals surface area contributed by atoms with Gasteiger partial charge in [0.05, 0.1) is 5.92 Å². The lowest BCUT2D eigenvalue weighted by atomic mass is 9.97. The van der Waals surface area contributed by atoms with Crippen LogP contribution in [0.15, 0.2) is 54.6 Å². The van der Waals surface area contributed by atoms with Crippen LogP contribution in [0.2, 0.25) is 0 Å². The zero-order valence-corrected chi connectivity index (χ0v) is 16.7. The van der Waals surface area contributed by atoms with Crippen LogP contribution in [0.5, 0.6) is 5.75 Å². The lowest BCUT2D eigenvalue weighted by molar-refractivity contribution is -0.137. The summed E-state index contributed by atoms with van der Waals surface area (Å²) in [5, 5.41) is 2.82. The Bertz CT molecular complexity index is 810. The van der Waals surface area contributed by atoms with Gasteiger partial charge in [-0.25, -0.2) is 0 Å². The summed E-state index contributed by atoms with van der Waals surface area (Å²) in [6, 6.07) is 18.0. The first-order chi connectivity index (χ1) is 14.2. The molecule has 1 aliphatic rings. The number of carbonyl (C=O) groups is 2. The summed E-state index contributed by atoms with van der Waals surface area (Å²) in [6.07, 6.45) is 2.36. The first kappa shape index (κ1) is 20.9. The number of nitrogens with one attached hydrogen (secondary N) is 1. The molecule has 2 aromatic rings. The first-order valence-corrected chi connectivity index (χ1v) is 10.2. The number of para-hydroxylation sites is 1. The van der Waals surface area contributed by atoms with E-state index in [4.69, 9.17) is 10.5 Å². The predicted octanol–water partition coefficient (Wildman–Crippen LogP) is 1.97. The second-order valence-electron chi connectivity index (χ2n) is 7.32. The number of carbonyl (C=O) groups excluding carboxylic acids is 2. The second kappa shape index (κ2) is 10.6. The van der Waals surface area contributed by atoms with Crippen LogP contribution >= 0.6 is 0 Å². The zero-order valence-electron chi connectivity index (χ0n) is 16.7. The minimum atomic E-state index is -0.176. The van der Waals surface area contributed by atoms with Crippen LogP contribution in [0.1, 0.15) is 24.0 Å². The van der Waals surface area contributed by atoms with Crippen molar-refractivity contribution in [3.63, 3.8) is 0 Å². The summed E-state index contributed by atoms with van der Waals surface area (Å²) in [6.45, 7) is 1.95. The van der Waals surface area contributed by atoms with Gasteiger partial charge >= 0.3 is 0 Å². The van der Waals surface area contributed by atoms with E-state index >= 15 is 0 Å². The molecule has 1 fully saturated rings. The van der Waals surface area contributed by atoms with Crippen LogP contribution in [0.4, 0.5) is 0 Å². The molecule has 3 N–H and O–H groups in total. The fraction of sp³-hybridized carbons (Fsp3) is 0.391. The molecule has 6 nitrogen and oxygen atoms in total. The summed E-state index contributed by atoms with van der Waals surface area (Å²) in [7, 11) is 0. The molecule has 3 rings (SSSR count). The summed E-state index contributed by atoms with van der Waals surface area (Å²) >= 11 is 0. The first-order valence-electron chi connectivity index (χ1n) is 10.2. The number of nitrogens with two attached hydrogens (primary N) is 1. The van der Waals surface area contributed by atoms with E-state index in [0.29, 0.717) is 26.2 Å². The number of benzene rings is 2. The van der Waals surface area contributed by atoms with Gasteiger partial charge in [0, 0.05) is 32.6 Å². The molecule has 2 aromatic carbocycles. The van der Waals surface area contributed by atoms with Crippen LogP contribution in [-0.2, 0) is 16.0 Å². The molecule has 0 aliphatic carbocycles. The average molecular weight is 396 g/mol. The number of nitrogens with zero attached hydrogens (tertiary/aromatic N) is 1. The van der Waals surface area contributed by atoms with E-state index in [-0.39, 0.29) is 24.3 Å². The van der Waals surface area contributed by atoms with E-state index in [1.54, 1.807) is 4.90 Å². The van der Waals surface area contributed by atoms with Crippen molar-refractivity contribution in [3.8, 4) is 5.75 Å². The van der Waals surface area contributed by atoms with Gasteiger partial charge in [-0.3, -0.25) is 9.59 Å². The lowest BCUT2D eigenvalue weighted by Crippen LogP contribution is -2.47. The monoisotopic (exact) mass is 395 g/mol. The standard InChI is InChI=1S/C23H29N3O3/c24-12-13-25-23(28)20-10-6-14-26(16-20)22(27)17-29-21-11-5-4-9-19(21)15-18-7-2-1-3-8-18/h1-5,7-9,11,20H,6,10,12-17,24H2,(H,25,28). The molecule has 154 valence electrons. The molecule has 0 bridgehead atoms. The van der Waals surface area contributed by atoms with Gasteiger partial charge in [0.25, 0.3) is 5.91 Å². The second-order valence-corrected chi connectivity index (χ2v) is 7.32. The number of likely N-dealkylation sites (tertiary alicyclic amines) is 1. The fourth-order valence-electron chi connectivity index (χ4n) is 3.59. The number of piperidine rings is 1. The van der Waals surface area contributed by atoms with E-state index in [1.807, 2.05) is 42.5 Å². The van der Waals surface area contributed by atoms with E-state index in [1.165, 1.54) is 5.56 Å². The van der Waals surface area contributed by atoms with Crippen LogP contribution in [0.25, 0.3) is 0 Å². The largest absolute Gasteiger partial charge is 0.483 e. The van der Waals surface area contributed by atoms with Crippen LogP contribution in [0.3, 0.4) is 0 Å². The number of amides is 2. The molecule has 1 atom stereocenters. The van der Waals surface area contributed by atoms with Gasteiger partial charge in [0.2, 0.25) is 5.91 Å². The molecule has 1 unspecified atom stereocenters. The third-order valence-electron chi connectivity index (χ3n) is 5.15. The molecule has 1 heterocycles. The highest BCUT2D eigenvalue weighted by Crippen LogP contribution is 2.22. The van der Waals surface area contributed by atoms with Crippen molar-refractivity contribution in [2.75, 3.05) is 32.8 Å². The van der Waals surface area contributed by atoms with Crippen molar-refractivity contribution >= 4 is 11.8 Å². The Morgan fingerprint density at radius 2 is 1.86 bits per heavy atom. The fourth-order valence-corrected chi connectivity index (χ4v) is 3.59. The number of ether oxygens (including phenoxy) is 1. The SMILES string of the molecule is NCCNC(=O)C1CCCN(C(=O)COc2ccccc2Cc2ccccc2)C1. The van der Waals surface area contributed by atoms with Gasteiger partial charge in [0.15, 0.2) is 6.61 Å². The highest BCUT2D eigenvalue weighted by molar-refractivity contribution is 5.82. The normalized spacial score (nSPS) is 16.3. The Labute approximate surface area is 172 Å². The Morgan fingerprint density at radius 3 is 2.66 bits per heavy atom. The van der Waals surface area contributed by atoms with Crippen molar-refractivity contribution in [2.45, 2.75) is 19.3 Å². The Morgan fingerprint density at radius 1 is 1.10 bits per heavy atom. The molecule has 0 spiro atoms. The summed E-state index contributed by atoms with van der Waals surface area (Å²) in [5.41, 5.74) is 7.68. The molecule has 0 saturated carbocycles. The van der Waals surface area contributed by atoms with E-state index in [2.05, 4.69) is 17.4 Å². The quantitative estimate of drug-likeness (QED) is 0.716. The van der Waals surface area contributed by atoms with Gasteiger partial charge in [-0.15, -0.1) is 0 Å². The van der Waals surface area contributed by atoms with Crippen LogP contribution in [0, 0.1) is 5.92 Å². The maximum Gasteiger partial charge on any atom is 0.260 e. The van der Waals surface area contributed by atoms with Crippen molar-refractivity contribution in [1.82, 2.24) is 10.2 Å². The van der Waals surface area contributed by atoms with E-state index in [9.17, 15) is 9.59 Å². The summed E-state index contributed by atoms with van der Waals surface area (Å²) in [4.78, 5) is 26.6. The van der Waals surface area contributed by atoms with Gasteiger partial charge in [-0.2, -0.15) is 0 Å². The number of hydrogen-bond donors (Lipinski definition) is 2. The van der Waals surface area contributed by atoms with Gasteiger partial charge < -0.3 is 20.7 Å². The van der Waals surface area contributed by atoms with E-state index < -0.39 is 0 Å². The highest BCUT2D eigenvalue weighted by atomic mass is 16.5. The van der Waals surface area contributed by atoms with Crippen molar-refractivity contribution in [2.24, 2.45) is 11.7 Å². The molecule has 6 heteroatoms. The molecule has 29 heavy (non-hydrogen) atoms. The summed E-state index contributed by atoms with van der Waals surface area (Å²) in [5.74, 6) is 0.432. The topological polar surface area (TPSA) is 84.7 Å².